The molecule has 31 heavy (non-hydrogen) atoms. The van der Waals surface area contributed by atoms with E-state index in [1.807, 2.05) is 12.1 Å². The Kier molecular flexibility index (Phi) is 18.2. The molecule has 2 radical (unpaired) electrons. The molecule has 0 atom stereocenters. The molecule has 4 nitrogen and oxygen atoms in total. The molecule has 180 valence electrons. The van der Waals surface area contributed by atoms with Gasteiger partial charge in [-0.15, -0.1) is 0 Å². The normalized spacial score (nSPS) is 11.5. The van der Waals surface area contributed by atoms with Gasteiger partial charge < -0.3 is 36.3 Å². The fraction of sp³-hybridized carbons (Fsp3) is 0.750. The van der Waals surface area contributed by atoms with Gasteiger partial charge in [0, 0.05) is 20.3 Å². The lowest BCUT2D eigenvalue weighted by Gasteiger charge is -2.29. The number of rotatable bonds is 18. The van der Waals surface area contributed by atoms with E-state index >= 15 is 0 Å². The molecule has 0 saturated heterocycles. The zero-order chi connectivity index (χ0) is 22.2. The molecule has 0 heterocycles. The molecule has 7 heteroatoms. The van der Waals surface area contributed by atoms with Crippen molar-refractivity contribution in [2.24, 2.45) is 0 Å². The minimum atomic E-state index is -1.37. The van der Waals surface area contributed by atoms with Crippen molar-refractivity contribution in [2.45, 2.75) is 77.7 Å². The molecule has 0 fully saturated rings. The SMILES string of the molecule is CCCC[P+](CCCC)(CCCC)c1cc(O)ccc1OCCC[Si]C(OC)OC.[Br-]. The number of aromatic hydroxyl groups is 1. The highest BCUT2D eigenvalue weighted by molar-refractivity contribution is 7.83. The Balaban J connectivity index is 0.00000900. The number of halogens is 1. The number of hydrogen-bond acceptors (Lipinski definition) is 4. The molecule has 0 aliphatic carbocycles. The molecule has 0 unspecified atom stereocenters. The third-order valence-corrected chi connectivity index (χ3v) is 11.9. The molecule has 0 amide bonds. The highest BCUT2D eigenvalue weighted by Crippen LogP contribution is 2.61. The average Bonchev–Trinajstić information content (AvgIpc) is 2.77. The summed E-state index contributed by atoms with van der Waals surface area (Å²) >= 11 is 0. The Morgan fingerprint density at radius 2 is 1.45 bits per heavy atom. The van der Waals surface area contributed by atoms with Crippen LogP contribution in [-0.4, -0.2) is 59.9 Å². The Bertz CT molecular complexity index is 551. The minimum absolute atomic E-state index is 0. The van der Waals surface area contributed by atoms with Crippen molar-refractivity contribution in [3.8, 4) is 11.5 Å². The van der Waals surface area contributed by atoms with E-state index in [1.54, 1.807) is 20.3 Å². The maximum absolute atomic E-state index is 10.3. The summed E-state index contributed by atoms with van der Waals surface area (Å²) in [6, 6.07) is 6.83. The molecule has 1 aromatic carbocycles. The van der Waals surface area contributed by atoms with Gasteiger partial charge in [0.15, 0.2) is 5.75 Å². The molecule has 0 aliphatic heterocycles. The van der Waals surface area contributed by atoms with Gasteiger partial charge >= 0.3 is 0 Å². The molecular weight excluding hydrogens is 491 g/mol. The van der Waals surface area contributed by atoms with E-state index in [0.29, 0.717) is 21.9 Å². The molecule has 1 N–H and O–H groups in total. The maximum atomic E-state index is 10.3. The minimum Gasteiger partial charge on any atom is -1.00 e. The number of methoxy groups -OCH3 is 2. The van der Waals surface area contributed by atoms with Crippen LogP contribution in [0.25, 0.3) is 0 Å². The summed E-state index contributed by atoms with van der Waals surface area (Å²) < 4.78 is 16.9. The van der Waals surface area contributed by atoms with Crippen LogP contribution in [0.3, 0.4) is 0 Å². The van der Waals surface area contributed by atoms with Gasteiger partial charge in [-0.05, 0) is 37.8 Å². The van der Waals surface area contributed by atoms with Crippen LogP contribution in [0, 0.1) is 0 Å². The van der Waals surface area contributed by atoms with Crippen LogP contribution in [0.4, 0.5) is 0 Å². The van der Waals surface area contributed by atoms with Gasteiger partial charge in [-0.3, -0.25) is 0 Å². The third-order valence-electron chi connectivity index (χ3n) is 5.59. The Hall–Kier alpha value is -0.133. The lowest BCUT2D eigenvalue weighted by molar-refractivity contribution is -0.0441. The summed E-state index contributed by atoms with van der Waals surface area (Å²) in [5, 5.41) is 11.7. The second kappa shape index (κ2) is 18.3. The number of phenolic OH excluding ortho intramolecular Hbond substituents is 1. The summed E-state index contributed by atoms with van der Waals surface area (Å²) in [5.74, 6) is 1.27. The molecule has 1 rings (SSSR count). The Labute approximate surface area is 204 Å². The summed E-state index contributed by atoms with van der Waals surface area (Å²) in [6.07, 6.45) is 12.2. The number of hydrogen-bond donors (Lipinski definition) is 1. The fourth-order valence-electron chi connectivity index (χ4n) is 3.81. The van der Waals surface area contributed by atoms with Crippen LogP contribution in [0.2, 0.25) is 6.04 Å². The van der Waals surface area contributed by atoms with Crippen LogP contribution in [0.1, 0.15) is 65.7 Å². The van der Waals surface area contributed by atoms with Crippen molar-refractivity contribution >= 4 is 22.1 Å². The van der Waals surface area contributed by atoms with Gasteiger partial charge in [0.1, 0.15) is 26.5 Å². The molecule has 0 aliphatic rings. The van der Waals surface area contributed by atoms with E-state index in [-0.39, 0.29) is 22.9 Å². The van der Waals surface area contributed by atoms with Crippen LogP contribution in [0.5, 0.6) is 11.5 Å². The molecule has 0 bridgehead atoms. The van der Waals surface area contributed by atoms with Gasteiger partial charge in [-0.1, -0.05) is 46.1 Å². The first-order valence-electron chi connectivity index (χ1n) is 11.7. The van der Waals surface area contributed by atoms with Crippen molar-refractivity contribution < 1.29 is 36.3 Å². The Morgan fingerprint density at radius 3 is 1.94 bits per heavy atom. The van der Waals surface area contributed by atoms with E-state index in [4.69, 9.17) is 14.2 Å². The zero-order valence-corrected chi connectivity index (χ0v) is 23.8. The predicted molar refractivity (Wildman–Crippen MR) is 132 cm³/mol. The average molecular weight is 536 g/mol. The van der Waals surface area contributed by atoms with Crippen LogP contribution < -0.4 is 27.0 Å². The number of unbranched alkanes of at least 4 members (excludes halogenated alkanes) is 3. The maximum Gasteiger partial charge on any atom is 0.161 e. The van der Waals surface area contributed by atoms with Crippen molar-refractivity contribution in [1.29, 1.82) is 0 Å². The summed E-state index contributed by atoms with van der Waals surface area (Å²) in [5.41, 5.74) is 0. The number of phenols is 1. The Morgan fingerprint density at radius 1 is 0.903 bits per heavy atom. The fourth-order valence-corrected chi connectivity index (χ4v) is 9.90. The monoisotopic (exact) mass is 534 g/mol. The van der Waals surface area contributed by atoms with Gasteiger partial charge in [0.2, 0.25) is 0 Å². The van der Waals surface area contributed by atoms with E-state index in [1.165, 1.54) is 62.3 Å². The summed E-state index contributed by atoms with van der Waals surface area (Å²) in [4.78, 5) is 0. The smallest absolute Gasteiger partial charge is 0.161 e. The van der Waals surface area contributed by atoms with E-state index in [2.05, 4.69) is 20.8 Å². The first-order valence-corrected chi connectivity index (χ1v) is 15.3. The van der Waals surface area contributed by atoms with Crippen LogP contribution in [0.15, 0.2) is 18.2 Å². The predicted octanol–water partition coefficient (Wildman–Crippen LogP) is 2.91. The molecule has 0 saturated carbocycles. The van der Waals surface area contributed by atoms with Crippen LogP contribution >= 0.6 is 7.26 Å². The first-order chi connectivity index (χ1) is 14.6. The number of benzene rings is 1. The molecule has 0 spiro atoms. The lowest BCUT2D eigenvalue weighted by atomic mass is 10.3. The quantitative estimate of drug-likeness (QED) is 0.136. The van der Waals surface area contributed by atoms with Gasteiger partial charge in [-0.2, -0.15) is 0 Å². The van der Waals surface area contributed by atoms with E-state index in [0.717, 1.165) is 18.2 Å². The van der Waals surface area contributed by atoms with Crippen molar-refractivity contribution in [2.75, 3.05) is 39.3 Å². The van der Waals surface area contributed by atoms with Gasteiger partial charge in [0.25, 0.3) is 0 Å². The zero-order valence-electron chi connectivity index (χ0n) is 20.3. The second-order valence-corrected chi connectivity index (χ2v) is 13.5. The summed E-state index contributed by atoms with van der Waals surface area (Å²) in [6.45, 7) is 7.53. The van der Waals surface area contributed by atoms with E-state index in [9.17, 15) is 5.11 Å². The van der Waals surface area contributed by atoms with E-state index < -0.39 is 7.26 Å². The summed E-state index contributed by atoms with van der Waals surface area (Å²) in [7, 11) is 2.62. The first kappa shape index (κ1) is 30.9. The van der Waals surface area contributed by atoms with Gasteiger partial charge in [0.05, 0.1) is 32.4 Å². The topological polar surface area (TPSA) is 47.9 Å². The largest absolute Gasteiger partial charge is 1.00 e. The highest BCUT2D eigenvalue weighted by atomic mass is 79.9. The van der Waals surface area contributed by atoms with Crippen molar-refractivity contribution in [1.82, 2.24) is 0 Å². The molecule has 1 aromatic rings. The van der Waals surface area contributed by atoms with Gasteiger partial charge in [-0.25, -0.2) is 0 Å². The third kappa shape index (κ3) is 11.0. The lowest BCUT2D eigenvalue weighted by Crippen LogP contribution is -3.00. The van der Waals surface area contributed by atoms with Crippen LogP contribution in [-0.2, 0) is 9.47 Å². The number of ether oxygens (including phenoxy) is 3. The molecular formula is C24H44BrO4PSi. The standard InChI is InChI=1S/C24H43O4PSi.BrH/c1-6-9-16-29(17-10-7-2,18-11-8-3)23-20-21(25)13-14-22(23)28-15-12-19-30-24(26-4)27-5;/h13-14,20,24H,6-12,15-19H2,1-5H3;1H. The second-order valence-electron chi connectivity index (χ2n) is 7.99. The van der Waals surface area contributed by atoms with Crippen molar-refractivity contribution in [3.05, 3.63) is 18.2 Å². The van der Waals surface area contributed by atoms with Crippen molar-refractivity contribution in [3.63, 3.8) is 0 Å². The highest BCUT2D eigenvalue weighted by Gasteiger charge is 2.41. The molecule has 0 aromatic heterocycles.